The molecule has 0 fully saturated rings. The van der Waals surface area contributed by atoms with Crippen molar-refractivity contribution in [2.24, 2.45) is 5.10 Å². The zero-order chi connectivity index (χ0) is 16.7. The summed E-state index contributed by atoms with van der Waals surface area (Å²) in [6.07, 6.45) is 1.60. The molecule has 0 bridgehead atoms. The molecule has 0 saturated heterocycles. The van der Waals surface area contributed by atoms with Crippen molar-refractivity contribution in [1.82, 2.24) is 5.43 Å². The number of nitrogens with zero attached hydrogens (tertiary/aromatic N) is 1. The maximum absolute atomic E-state index is 12.1. The van der Waals surface area contributed by atoms with Crippen molar-refractivity contribution in [1.29, 1.82) is 0 Å². The number of para-hydroxylation sites is 2. The van der Waals surface area contributed by atoms with Gasteiger partial charge in [0, 0.05) is 4.47 Å². The van der Waals surface area contributed by atoms with Crippen LogP contribution in [0.3, 0.4) is 0 Å². The van der Waals surface area contributed by atoms with Crippen LogP contribution in [0.15, 0.2) is 58.1 Å². The highest BCUT2D eigenvalue weighted by Crippen LogP contribution is 2.23. The lowest BCUT2D eigenvalue weighted by Gasteiger charge is -2.15. The Morgan fingerprint density at radius 1 is 1.22 bits per heavy atom. The minimum atomic E-state index is -0.451. The topological polar surface area (TPSA) is 62.7 Å². The van der Waals surface area contributed by atoms with Crippen LogP contribution in [0.2, 0.25) is 0 Å². The smallest absolute Gasteiger partial charge is 0.262 e. The molecule has 0 aliphatic rings. The van der Waals surface area contributed by atoms with E-state index < -0.39 is 6.04 Å². The monoisotopic (exact) mass is 375 g/mol. The summed E-state index contributed by atoms with van der Waals surface area (Å²) in [7, 11) is 1.59. The van der Waals surface area contributed by atoms with Crippen molar-refractivity contribution in [2.75, 3.05) is 12.4 Å². The highest BCUT2D eigenvalue weighted by molar-refractivity contribution is 9.10. The van der Waals surface area contributed by atoms with Gasteiger partial charge in [-0.15, -0.1) is 0 Å². The van der Waals surface area contributed by atoms with Crippen LogP contribution in [0.5, 0.6) is 5.75 Å². The zero-order valence-electron chi connectivity index (χ0n) is 12.9. The van der Waals surface area contributed by atoms with Crippen LogP contribution < -0.4 is 15.5 Å². The number of nitrogens with one attached hydrogen (secondary N) is 2. The van der Waals surface area contributed by atoms with Gasteiger partial charge in [-0.3, -0.25) is 4.79 Å². The van der Waals surface area contributed by atoms with E-state index in [1.54, 1.807) is 20.2 Å². The number of methoxy groups -OCH3 is 1. The second-order valence-corrected chi connectivity index (χ2v) is 5.77. The van der Waals surface area contributed by atoms with Crippen LogP contribution in [-0.4, -0.2) is 25.3 Å². The largest absolute Gasteiger partial charge is 0.495 e. The molecule has 0 spiro atoms. The third-order valence-electron chi connectivity index (χ3n) is 3.13. The summed E-state index contributed by atoms with van der Waals surface area (Å²) >= 11 is 3.37. The summed E-state index contributed by atoms with van der Waals surface area (Å²) in [5.74, 6) is 0.454. The quantitative estimate of drug-likeness (QED) is 0.600. The Hall–Kier alpha value is -2.34. The first kappa shape index (κ1) is 17.0. The van der Waals surface area contributed by atoms with Crippen molar-refractivity contribution in [3.05, 3.63) is 58.6 Å². The fourth-order valence-electron chi connectivity index (χ4n) is 1.88. The van der Waals surface area contributed by atoms with E-state index in [9.17, 15) is 4.79 Å². The van der Waals surface area contributed by atoms with Gasteiger partial charge in [-0.25, -0.2) is 5.43 Å². The van der Waals surface area contributed by atoms with E-state index in [0.29, 0.717) is 5.75 Å². The molecule has 120 valence electrons. The molecule has 0 aliphatic heterocycles. The Morgan fingerprint density at radius 2 is 1.91 bits per heavy atom. The molecule has 23 heavy (non-hydrogen) atoms. The predicted molar refractivity (Wildman–Crippen MR) is 96.0 cm³/mol. The van der Waals surface area contributed by atoms with Crippen molar-refractivity contribution >= 4 is 33.7 Å². The Bertz CT molecular complexity index is 686. The first-order valence-corrected chi connectivity index (χ1v) is 7.87. The van der Waals surface area contributed by atoms with E-state index >= 15 is 0 Å². The zero-order valence-corrected chi connectivity index (χ0v) is 14.5. The van der Waals surface area contributed by atoms with Crippen molar-refractivity contribution in [3.63, 3.8) is 0 Å². The lowest BCUT2D eigenvalue weighted by molar-refractivity contribution is -0.121. The first-order chi connectivity index (χ1) is 11.1. The third-order valence-corrected chi connectivity index (χ3v) is 3.66. The minimum absolute atomic E-state index is 0.232. The molecule has 0 saturated carbocycles. The predicted octanol–water partition coefficient (Wildman–Crippen LogP) is 3.41. The molecule has 2 rings (SSSR count). The van der Waals surface area contributed by atoms with Crippen LogP contribution in [0.4, 0.5) is 5.69 Å². The van der Waals surface area contributed by atoms with Gasteiger partial charge in [0.25, 0.3) is 5.91 Å². The van der Waals surface area contributed by atoms with Gasteiger partial charge in [-0.1, -0.05) is 40.2 Å². The van der Waals surface area contributed by atoms with E-state index in [0.717, 1.165) is 15.7 Å². The summed E-state index contributed by atoms with van der Waals surface area (Å²) in [4.78, 5) is 12.1. The van der Waals surface area contributed by atoms with E-state index in [1.807, 2.05) is 48.5 Å². The van der Waals surface area contributed by atoms with E-state index in [1.165, 1.54) is 0 Å². The van der Waals surface area contributed by atoms with E-state index in [-0.39, 0.29) is 5.91 Å². The van der Waals surface area contributed by atoms with E-state index in [2.05, 4.69) is 31.8 Å². The van der Waals surface area contributed by atoms with Crippen LogP contribution in [-0.2, 0) is 4.79 Å². The van der Waals surface area contributed by atoms with Crippen LogP contribution in [0, 0.1) is 0 Å². The number of carbonyl (C=O) groups is 1. The molecule has 2 aromatic rings. The normalized spacial score (nSPS) is 12.0. The summed E-state index contributed by atoms with van der Waals surface area (Å²) in [6.45, 7) is 1.76. The summed E-state index contributed by atoms with van der Waals surface area (Å²) in [6, 6.07) is 14.6. The van der Waals surface area contributed by atoms with Crippen molar-refractivity contribution in [3.8, 4) is 5.75 Å². The van der Waals surface area contributed by atoms with Gasteiger partial charge in [-0.05, 0) is 36.8 Å². The number of hydrogen-bond donors (Lipinski definition) is 2. The van der Waals surface area contributed by atoms with Gasteiger partial charge in [0.15, 0.2) is 0 Å². The van der Waals surface area contributed by atoms with Crippen molar-refractivity contribution in [2.45, 2.75) is 13.0 Å². The van der Waals surface area contributed by atoms with Gasteiger partial charge >= 0.3 is 0 Å². The average Bonchev–Trinajstić information content (AvgIpc) is 2.57. The standard InChI is InChI=1S/C17H18BrN3O2/c1-12(20-15-5-3-4-6-16(15)23-2)17(22)21-19-11-13-7-9-14(18)10-8-13/h3-12,20H,1-2H3,(H,21,22)/b19-11-/t12-/m1/s1. The molecule has 0 aliphatic carbocycles. The van der Waals surface area contributed by atoms with Crippen LogP contribution in [0.25, 0.3) is 0 Å². The fourth-order valence-corrected chi connectivity index (χ4v) is 2.14. The van der Waals surface area contributed by atoms with Crippen molar-refractivity contribution < 1.29 is 9.53 Å². The molecule has 2 aromatic carbocycles. The van der Waals surface area contributed by atoms with Gasteiger partial charge in [0.1, 0.15) is 11.8 Å². The maximum Gasteiger partial charge on any atom is 0.262 e. The lowest BCUT2D eigenvalue weighted by atomic mass is 10.2. The summed E-state index contributed by atoms with van der Waals surface area (Å²) in [5.41, 5.74) is 4.18. The molecule has 0 unspecified atom stereocenters. The molecule has 0 heterocycles. The number of ether oxygens (including phenoxy) is 1. The molecule has 1 atom stereocenters. The number of halogens is 1. The average molecular weight is 376 g/mol. The molecular formula is C17H18BrN3O2. The number of rotatable bonds is 6. The first-order valence-electron chi connectivity index (χ1n) is 7.08. The minimum Gasteiger partial charge on any atom is -0.495 e. The summed E-state index contributed by atoms with van der Waals surface area (Å²) in [5, 5.41) is 7.07. The van der Waals surface area contributed by atoms with Gasteiger partial charge in [0.2, 0.25) is 0 Å². The fraction of sp³-hybridized carbons (Fsp3) is 0.176. The summed E-state index contributed by atoms with van der Waals surface area (Å²) < 4.78 is 6.24. The number of hydrazone groups is 1. The lowest BCUT2D eigenvalue weighted by Crippen LogP contribution is -2.35. The van der Waals surface area contributed by atoms with Gasteiger partial charge in [-0.2, -0.15) is 5.10 Å². The molecular weight excluding hydrogens is 358 g/mol. The molecule has 0 aromatic heterocycles. The number of anilines is 1. The maximum atomic E-state index is 12.1. The second-order valence-electron chi connectivity index (χ2n) is 4.85. The Kier molecular flexibility index (Phi) is 6.17. The molecule has 2 N–H and O–H groups in total. The number of hydrogen-bond acceptors (Lipinski definition) is 4. The highest BCUT2D eigenvalue weighted by atomic mass is 79.9. The Morgan fingerprint density at radius 3 is 2.61 bits per heavy atom. The molecule has 6 heteroatoms. The molecule has 1 amide bonds. The van der Waals surface area contributed by atoms with Crippen LogP contribution in [0.1, 0.15) is 12.5 Å². The van der Waals surface area contributed by atoms with Gasteiger partial charge < -0.3 is 10.1 Å². The Balaban J connectivity index is 1.91. The highest BCUT2D eigenvalue weighted by Gasteiger charge is 2.13. The van der Waals surface area contributed by atoms with E-state index in [4.69, 9.17) is 4.74 Å². The SMILES string of the molecule is COc1ccccc1N[C@H](C)C(=O)N/N=C\c1ccc(Br)cc1. The number of amides is 1. The second kappa shape index (κ2) is 8.33. The Labute approximate surface area is 143 Å². The number of carbonyl (C=O) groups excluding carboxylic acids is 1. The third kappa shape index (κ3) is 5.10. The number of benzene rings is 2. The molecule has 5 nitrogen and oxygen atoms in total. The van der Waals surface area contributed by atoms with Crippen LogP contribution >= 0.6 is 15.9 Å². The van der Waals surface area contributed by atoms with Gasteiger partial charge in [0.05, 0.1) is 19.0 Å². The molecule has 0 radical (unpaired) electrons.